The fourth-order valence-corrected chi connectivity index (χ4v) is 3.39. The zero-order valence-electron chi connectivity index (χ0n) is 14.6. The molecule has 5 nitrogen and oxygen atoms in total. The molecule has 1 heterocycles. The van der Waals surface area contributed by atoms with Gasteiger partial charge in [-0.1, -0.05) is 12.2 Å². The molecule has 1 aliphatic carbocycles. The van der Waals surface area contributed by atoms with Crippen molar-refractivity contribution in [3.05, 3.63) is 36.4 Å². The van der Waals surface area contributed by atoms with Crippen LogP contribution in [0.2, 0.25) is 0 Å². The van der Waals surface area contributed by atoms with Gasteiger partial charge in [0.2, 0.25) is 0 Å². The van der Waals surface area contributed by atoms with Crippen molar-refractivity contribution in [3.63, 3.8) is 0 Å². The van der Waals surface area contributed by atoms with Crippen LogP contribution in [0.4, 0.5) is 11.4 Å². The number of amides is 1. The van der Waals surface area contributed by atoms with Crippen molar-refractivity contribution >= 4 is 23.3 Å². The maximum Gasteiger partial charge on any atom is 0.306 e. The first kappa shape index (κ1) is 17.5. The third kappa shape index (κ3) is 5.34. The summed E-state index contributed by atoms with van der Waals surface area (Å²) in [5.41, 5.74) is 1.91. The number of carbonyl (C=O) groups is 2. The molecule has 0 radical (unpaired) electrons. The number of hydrogen-bond donors (Lipinski definition) is 1. The topological polar surface area (TPSA) is 58.6 Å². The highest BCUT2D eigenvalue weighted by Crippen LogP contribution is 2.22. The van der Waals surface area contributed by atoms with E-state index in [1.165, 1.54) is 24.9 Å². The summed E-state index contributed by atoms with van der Waals surface area (Å²) in [6, 6.07) is 7.85. The minimum Gasteiger partial charge on any atom is -0.456 e. The lowest BCUT2D eigenvalue weighted by atomic mass is 10.1. The van der Waals surface area contributed by atoms with Crippen LogP contribution in [0.3, 0.4) is 0 Å². The first-order valence-corrected chi connectivity index (χ1v) is 9.18. The molecular weight excluding hydrogens is 316 g/mol. The Hall–Kier alpha value is -2.30. The third-order valence-corrected chi connectivity index (χ3v) is 4.78. The Morgan fingerprint density at radius 1 is 1.12 bits per heavy atom. The molecule has 1 saturated heterocycles. The number of esters is 1. The van der Waals surface area contributed by atoms with E-state index in [9.17, 15) is 9.59 Å². The Kier molecular flexibility index (Phi) is 6.09. The first-order valence-electron chi connectivity index (χ1n) is 9.18. The number of nitrogens with zero attached hydrogens (tertiary/aromatic N) is 1. The summed E-state index contributed by atoms with van der Waals surface area (Å²) in [6.07, 6.45) is 10.3. The van der Waals surface area contributed by atoms with Crippen molar-refractivity contribution in [1.82, 2.24) is 0 Å². The molecule has 0 spiro atoms. The molecular formula is C20H26N2O3. The second kappa shape index (κ2) is 8.70. The summed E-state index contributed by atoms with van der Waals surface area (Å²) in [5.74, 6) is -0.355. The molecule has 0 saturated carbocycles. The highest BCUT2D eigenvalue weighted by molar-refractivity contribution is 5.93. The number of anilines is 2. The largest absolute Gasteiger partial charge is 0.456 e. The lowest BCUT2D eigenvalue weighted by Gasteiger charge is -2.28. The maximum atomic E-state index is 11.9. The van der Waals surface area contributed by atoms with Gasteiger partial charge in [0, 0.05) is 24.5 Å². The highest BCUT2D eigenvalue weighted by atomic mass is 16.5. The van der Waals surface area contributed by atoms with Gasteiger partial charge >= 0.3 is 5.97 Å². The molecule has 1 N–H and O–H groups in total. The van der Waals surface area contributed by atoms with Crippen LogP contribution in [0, 0.1) is 5.92 Å². The molecule has 1 amide bonds. The standard InChI is InChI=1S/C20H26N2O3/c23-19(15-25-20(24)14-16-6-2-3-7-16)21-17-8-10-18(11-9-17)22-12-4-1-5-13-22/h2,6,8-11,16H,1,3-5,7,12-15H2,(H,21,23)/t16-/m1/s1. The molecule has 25 heavy (non-hydrogen) atoms. The molecule has 0 aromatic heterocycles. The second-order valence-corrected chi connectivity index (χ2v) is 6.77. The Bertz CT molecular complexity index is 618. The molecule has 5 heteroatoms. The smallest absolute Gasteiger partial charge is 0.306 e. The number of allylic oxidation sites excluding steroid dienone is 2. The van der Waals surface area contributed by atoms with Gasteiger partial charge in [0.15, 0.2) is 6.61 Å². The SMILES string of the molecule is O=C(COC(=O)C[C@@H]1C=CCC1)Nc1ccc(N2CCCCC2)cc1. The summed E-state index contributed by atoms with van der Waals surface area (Å²) in [4.78, 5) is 26.0. The number of ether oxygens (including phenoxy) is 1. The summed E-state index contributed by atoms with van der Waals surface area (Å²) < 4.78 is 5.06. The van der Waals surface area contributed by atoms with Gasteiger partial charge in [0.1, 0.15) is 0 Å². The van der Waals surface area contributed by atoms with Crippen molar-refractivity contribution in [3.8, 4) is 0 Å². The van der Waals surface area contributed by atoms with Crippen LogP contribution in [-0.2, 0) is 14.3 Å². The third-order valence-electron chi connectivity index (χ3n) is 4.78. The van der Waals surface area contributed by atoms with E-state index in [1.807, 2.05) is 30.3 Å². The fourth-order valence-electron chi connectivity index (χ4n) is 3.39. The van der Waals surface area contributed by atoms with Crippen LogP contribution in [0.5, 0.6) is 0 Å². The summed E-state index contributed by atoms with van der Waals surface area (Å²) in [7, 11) is 0. The van der Waals surface area contributed by atoms with Crippen LogP contribution in [-0.4, -0.2) is 31.6 Å². The number of nitrogens with one attached hydrogen (secondary N) is 1. The van der Waals surface area contributed by atoms with Crippen LogP contribution < -0.4 is 10.2 Å². The number of piperidine rings is 1. The molecule has 1 atom stereocenters. The van der Waals surface area contributed by atoms with Gasteiger partial charge in [-0.25, -0.2) is 0 Å². The summed E-state index contributed by atoms with van der Waals surface area (Å²) in [6.45, 7) is 1.96. The minimum absolute atomic E-state index is 0.233. The fraction of sp³-hybridized carbons (Fsp3) is 0.500. The van der Waals surface area contributed by atoms with Crippen LogP contribution in [0.25, 0.3) is 0 Å². The number of benzene rings is 1. The molecule has 2 aliphatic rings. The average Bonchev–Trinajstić information content (AvgIpc) is 3.14. The van der Waals surface area contributed by atoms with Gasteiger partial charge in [-0.15, -0.1) is 0 Å². The van der Waals surface area contributed by atoms with E-state index < -0.39 is 0 Å². The quantitative estimate of drug-likeness (QED) is 0.635. The molecule has 1 aliphatic heterocycles. The van der Waals surface area contributed by atoms with Gasteiger partial charge in [-0.3, -0.25) is 9.59 Å². The van der Waals surface area contributed by atoms with E-state index in [0.717, 1.165) is 31.6 Å². The van der Waals surface area contributed by atoms with E-state index in [0.29, 0.717) is 6.42 Å². The monoisotopic (exact) mass is 342 g/mol. The number of carbonyl (C=O) groups excluding carboxylic acids is 2. The Morgan fingerprint density at radius 2 is 1.88 bits per heavy atom. The Balaban J connectivity index is 1.41. The Morgan fingerprint density at radius 3 is 2.56 bits per heavy atom. The van der Waals surface area contributed by atoms with Crippen molar-refractivity contribution in [2.45, 2.75) is 38.5 Å². The number of rotatable bonds is 6. The van der Waals surface area contributed by atoms with E-state index in [4.69, 9.17) is 4.74 Å². The van der Waals surface area contributed by atoms with Crippen molar-refractivity contribution in [2.24, 2.45) is 5.92 Å². The lowest BCUT2D eigenvalue weighted by Crippen LogP contribution is -2.29. The van der Waals surface area contributed by atoms with Crippen LogP contribution in [0.1, 0.15) is 38.5 Å². The predicted octanol–water partition coefficient (Wildman–Crippen LogP) is 3.51. The van der Waals surface area contributed by atoms with E-state index >= 15 is 0 Å². The van der Waals surface area contributed by atoms with Gasteiger partial charge in [-0.05, 0) is 62.3 Å². The lowest BCUT2D eigenvalue weighted by molar-refractivity contribution is -0.147. The zero-order chi connectivity index (χ0) is 17.5. The van der Waals surface area contributed by atoms with E-state index in [2.05, 4.69) is 16.3 Å². The molecule has 0 unspecified atom stereocenters. The summed E-state index contributed by atoms with van der Waals surface area (Å²) in [5, 5.41) is 2.77. The number of hydrogen-bond acceptors (Lipinski definition) is 4. The normalized spacial score (nSPS) is 19.7. The summed E-state index contributed by atoms with van der Waals surface area (Å²) >= 11 is 0. The molecule has 1 fully saturated rings. The molecule has 1 aromatic rings. The van der Waals surface area contributed by atoms with Gasteiger partial charge < -0.3 is 15.0 Å². The average molecular weight is 342 g/mol. The van der Waals surface area contributed by atoms with Gasteiger partial charge in [-0.2, -0.15) is 0 Å². The molecule has 134 valence electrons. The Labute approximate surface area is 149 Å². The van der Waals surface area contributed by atoms with E-state index in [-0.39, 0.29) is 24.4 Å². The van der Waals surface area contributed by atoms with Crippen LogP contribution >= 0.6 is 0 Å². The highest BCUT2D eigenvalue weighted by Gasteiger charge is 2.16. The maximum absolute atomic E-state index is 11.9. The molecule has 1 aromatic carbocycles. The van der Waals surface area contributed by atoms with Gasteiger partial charge in [0.25, 0.3) is 5.91 Å². The zero-order valence-corrected chi connectivity index (χ0v) is 14.6. The van der Waals surface area contributed by atoms with Crippen molar-refractivity contribution in [1.29, 1.82) is 0 Å². The first-order chi connectivity index (χ1) is 12.2. The van der Waals surface area contributed by atoms with Crippen LogP contribution in [0.15, 0.2) is 36.4 Å². The van der Waals surface area contributed by atoms with E-state index in [1.54, 1.807) is 0 Å². The van der Waals surface area contributed by atoms with Crippen molar-refractivity contribution < 1.29 is 14.3 Å². The van der Waals surface area contributed by atoms with Gasteiger partial charge in [0.05, 0.1) is 6.42 Å². The second-order valence-electron chi connectivity index (χ2n) is 6.77. The molecule has 3 rings (SSSR count). The molecule has 0 bridgehead atoms. The predicted molar refractivity (Wildman–Crippen MR) is 98.6 cm³/mol. The van der Waals surface area contributed by atoms with Crippen molar-refractivity contribution in [2.75, 3.05) is 29.9 Å². The minimum atomic E-state index is -0.313.